The molecule has 1 aromatic heterocycles. The number of hydrogen-bond acceptors (Lipinski definition) is 3. The average molecular weight is 416 g/mol. The number of hydrogen-bond donors (Lipinski definition) is 2. The van der Waals surface area contributed by atoms with Gasteiger partial charge in [-0.2, -0.15) is 5.10 Å². The Labute approximate surface area is 183 Å². The first-order chi connectivity index (χ1) is 14.9. The Hall–Kier alpha value is -2.92. The van der Waals surface area contributed by atoms with Gasteiger partial charge in [-0.25, -0.2) is 0 Å². The highest BCUT2D eigenvalue weighted by Gasteiger charge is 2.39. The molecule has 5 nitrogen and oxygen atoms in total. The van der Waals surface area contributed by atoms with Crippen molar-refractivity contribution < 1.29 is 9.90 Å². The Morgan fingerprint density at radius 2 is 1.87 bits per heavy atom. The SMILES string of the molecule is Cc1[nH]ncc1-c1ccc(Cc2cc3c(c(C)c2C)CN(C2CCCC2O)C3=O)cc1. The molecule has 2 aromatic carbocycles. The summed E-state index contributed by atoms with van der Waals surface area (Å²) in [5.74, 6) is 0.0797. The molecule has 2 unspecified atom stereocenters. The number of rotatable bonds is 4. The van der Waals surface area contributed by atoms with Gasteiger partial charge in [0, 0.05) is 23.4 Å². The Bertz CT molecular complexity index is 1150. The van der Waals surface area contributed by atoms with Crippen molar-refractivity contribution in [3.63, 3.8) is 0 Å². The maximum atomic E-state index is 13.2. The Balaban J connectivity index is 1.42. The monoisotopic (exact) mass is 415 g/mol. The summed E-state index contributed by atoms with van der Waals surface area (Å²) in [6, 6.07) is 10.6. The summed E-state index contributed by atoms with van der Waals surface area (Å²) in [7, 11) is 0. The number of H-pyrrole nitrogens is 1. The van der Waals surface area contributed by atoms with Crippen LogP contribution in [0.25, 0.3) is 11.1 Å². The Morgan fingerprint density at radius 1 is 1.10 bits per heavy atom. The number of nitrogens with one attached hydrogen (secondary N) is 1. The second-order valence-corrected chi connectivity index (χ2v) is 9.09. The molecule has 1 aliphatic carbocycles. The van der Waals surface area contributed by atoms with Gasteiger partial charge in [0.2, 0.25) is 0 Å². The quantitative estimate of drug-likeness (QED) is 0.661. The molecule has 1 saturated carbocycles. The van der Waals surface area contributed by atoms with Gasteiger partial charge in [-0.15, -0.1) is 0 Å². The van der Waals surface area contributed by atoms with E-state index in [1.807, 2.05) is 18.0 Å². The number of carbonyl (C=O) groups excluding carboxylic acids is 1. The molecule has 2 aliphatic rings. The molecular formula is C26H29N3O2. The van der Waals surface area contributed by atoms with E-state index < -0.39 is 6.10 Å². The Kier molecular flexibility index (Phi) is 4.94. The van der Waals surface area contributed by atoms with Crippen LogP contribution < -0.4 is 0 Å². The molecule has 2 N–H and O–H groups in total. The highest BCUT2D eigenvalue weighted by molar-refractivity contribution is 5.99. The molecule has 31 heavy (non-hydrogen) atoms. The summed E-state index contributed by atoms with van der Waals surface area (Å²) in [5, 5.41) is 17.4. The Morgan fingerprint density at radius 3 is 2.52 bits per heavy atom. The molecular weight excluding hydrogens is 386 g/mol. The van der Waals surface area contributed by atoms with E-state index in [9.17, 15) is 9.90 Å². The van der Waals surface area contributed by atoms with Gasteiger partial charge in [0.05, 0.1) is 18.3 Å². The number of fused-ring (bicyclic) bond motifs is 1. The molecule has 0 bridgehead atoms. The normalized spacial score (nSPS) is 20.5. The van der Waals surface area contributed by atoms with Gasteiger partial charge in [-0.1, -0.05) is 24.3 Å². The molecule has 0 saturated heterocycles. The molecule has 5 rings (SSSR count). The number of aryl methyl sites for hydroxylation is 1. The summed E-state index contributed by atoms with van der Waals surface area (Å²) in [5.41, 5.74) is 10.2. The van der Waals surface area contributed by atoms with E-state index in [1.165, 1.54) is 22.3 Å². The minimum atomic E-state index is -0.392. The second kappa shape index (κ2) is 7.65. The van der Waals surface area contributed by atoms with Crippen LogP contribution in [0.1, 0.15) is 63.1 Å². The number of aromatic amines is 1. The van der Waals surface area contributed by atoms with E-state index in [2.05, 4.69) is 54.4 Å². The first-order valence-electron chi connectivity index (χ1n) is 11.1. The zero-order valence-corrected chi connectivity index (χ0v) is 18.4. The lowest BCUT2D eigenvalue weighted by Crippen LogP contribution is -2.40. The van der Waals surface area contributed by atoms with Crippen molar-refractivity contribution in [2.45, 2.75) is 65.1 Å². The molecule has 3 aromatic rings. The highest BCUT2D eigenvalue weighted by Crippen LogP contribution is 2.36. The first-order valence-corrected chi connectivity index (χ1v) is 11.1. The van der Waals surface area contributed by atoms with Gasteiger partial charge in [-0.3, -0.25) is 9.89 Å². The molecule has 0 radical (unpaired) electrons. The van der Waals surface area contributed by atoms with Crippen molar-refractivity contribution in [1.29, 1.82) is 0 Å². The number of aliphatic hydroxyl groups excluding tert-OH is 1. The number of amides is 1. The molecule has 1 fully saturated rings. The molecule has 2 atom stereocenters. The summed E-state index contributed by atoms with van der Waals surface area (Å²) in [4.78, 5) is 15.1. The highest BCUT2D eigenvalue weighted by atomic mass is 16.3. The average Bonchev–Trinajstić information content (AvgIpc) is 3.46. The van der Waals surface area contributed by atoms with Crippen LogP contribution >= 0.6 is 0 Å². The molecule has 1 aliphatic heterocycles. The molecule has 0 spiro atoms. The van der Waals surface area contributed by atoms with Gasteiger partial charge in [-0.05, 0) is 85.9 Å². The molecule has 5 heteroatoms. The van der Waals surface area contributed by atoms with Crippen molar-refractivity contribution in [3.8, 4) is 11.1 Å². The van der Waals surface area contributed by atoms with Crippen LogP contribution in [-0.2, 0) is 13.0 Å². The van der Waals surface area contributed by atoms with Crippen molar-refractivity contribution in [2.24, 2.45) is 0 Å². The van der Waals surface area contributed by atoms with E-state index >= 15 is 0 Å². The lowest BCUT2D eigenvalue weighted by atomic mass is 9.91. The molecule has 2 heterocycles. The van der Waals surface area contributed by atoms with Crippen LogP contribution in [0.4, 0.5) is 0 Å². The maximum Gasteiger partial charge on any atom is 0.254 e. The minimum Gasteiger partial charge on any atom is -0.391 e. The van der Waals surface area contributed by atoms with E-state index in [0.717, 1.165) is 53.6 Å². The van der Waals surface area contributed by atoms with E-state index in [1.54, 1.807) is 0 Å². The van der Waals surface area contributed by atoms with Gasteiger partial charge < -0.3 is 10.0 Å². The number of benzene rings is 2. The fourth-order valence-corrected chi connectivity index (χ4v) is 5.23. The predicted octanol–water partition coefficient (Wildman–Crippen LogP) is 4.46. The van der Waals surface area contributed by atoms with Gasteiger partial charge in [0.15, 0.2) is 0 Å². The molecule has 1 amide bonds. The smallest absolute Gasteiger partial charge is 0.254 e. The summed E-state index contributed by atoms with van der Waals surface area (Å²) < 4.78 is 0. The van der Waals surface area contributed by atoms with Crippen LogP contribution in [0.3, 0.4) is 0 Å². The van der Waals surface area contributed by atoms with Crippen molar-refractivity contribution >= 4 is 5.91 Å². The second-order valence-electron chi connectivity index (χ2n) is 9.09. The lowest BCUT2D eigenvalue weighted by molar-refractivity contribution is 0.0479. The van der Waals surface area contributed by atoms with Crippen LogP contribution in [0.15, 0.2) is 36.5 Å². The van der Waals surface area contributed by atoms with Crippen LogP contribution in [-0.4, -0.2) is 38.3 Å². The fraction of sp³-hybridized carbons (Fsp3) is 0.385. The number of aliphatic hydroxyl groups is 1. The minimum absolute atomic E-state index is 0.0398. The third kappa shape index (κ3) is 3.37. The topological polar surface area (TPSA) is 69.2 Å². The largest absolute Gasteiger partial charge is 0.391 e. The zero-order chi connectivity index (χ0) is 21.7. The predicted molar refractivity (Wildman–Crippen MR) is 121 cm³/mol. The summed E-state index contributed by atoms with van der Waals surface area (Å²) in [6.45, 7) is 6.94. The van der Waals surface area contributed by atoms with Crippen LogP contribution in [0.2, 0.25) is 0 Å². The third-order valence-electron chi connectivity index (χ3n) is 7.29. The number of aromatic nitrogens is 2. The van der Waals surface area contributed by atoms with E-state index in [4.69, 9.17) is 0 Å². The number of nitrogens with zero attached hydrogens (tertiary/aromatic N) is 2. The summed E-state index contributed by atoms with van der Waals surface area (Å²) in [6.07, 6.45) is 4.94. The number of carbonyl (C=O) groups is 1. The van der Waals surface area contributed by atoms with Crippen molar-refractivity contribution in [3.05, 3.63) is 75.6 Å². The lowest BCUT2D eigenvalue weighted by Gasteiger charge is -2.26. The standard InChI is InChI=1S/C26H29N3O2/c1-15-16(2)23-14-29(24-5-4-6-25(24)30)26(31)21(23)12-20(15)11-18-7-9-19(10-8-18)22-13-27-28-17(22)3/h7-10,12-13,24-25,30H,4-6,11,14H2,1-3H3,(H,27,28). The van der Waals surface area contributed by atoms with Gasteiger partial charge in [0.25, 0.3) is 5.91 Å². The van der Waals surface area contributed by atoms with E-state index in [-0.39, 0.29) is 11.9 Å². The fourth-order valence-electron chi connectivity index (χ4n) is 5.23. The van der Waals surface area contributed by atoms with Gasteiger partial charge >= 0.3 is 0 Å². The van der Waals surface area contributed by atoms with Crippen molar-refractivity contribution in [1.82, 2.24) is 15.1 Å². The summed E-state index contributed by atoms with van der Waals surface area (Å²) >= 11 is 0. The van der Waals surface area contributed by atoms with Crippen molar-refractivity contribution in [2.75, 3.05) is 0 Å². The first kappa shape index (κ1) is 20.0. The third-order valence-corrected chi connectivity index (χ3v) is 7.29. The zero-order valence-electron chi connectivity index (χ0n) is 18.4. The van der Waals surface area contributed by atoms with Gasteiger partial charge in [0.1, 0.15) is 0 Å². The molecule has 160 valence electrons. The van der Waals surface area contributed by atoms with Crippen LogP contribution in [0, 0.1) is 20.8 Å². The van der Waals surface area contributed by atoms with E-state index in [0.29, 0.717) is 6.54 Å². The van der Waals surface area contributed by atoms with Crippen LogP contribution in [0.5, 0.6) is 0 Å². The maximum absolute atomic E-state index is 13.2.